The molecular weight excluding hydrogens is 406 g/mol. The second kappa shape index (κ2) is 7.46. The number of nitrogens with one attached hydrogen (secondary N) is 2. The lowest BCUT2D eigenvalue weighted by Crippen LogP contribution is -2.46. The lowest BCUT2D eigenvalue weighted by Gasteiger charge is -2.14. The number of rotatable bonds is 3. The molecule has 0 bridgehead atoms. The van der Waals surface area contributed by atoms with E-state index in [1.54, 1.807) is 28.7 Å². The molecule has 6 nitrogen and oxygen atoms in total. The van der Waals surface area contributed by atoms with Gasteiger partial charge in [0.15, 0.2) is 6.39 Å². The van der Waals surface area contributed by atoms with Crippen LogP contribution in [-0.4, -0.2) is 15.0 Å². The van der Waals surface area contributed by atoms with Crippen LogP contribution in [-0.2, 0) is 5.41 Å². The molecule has 0 aliphatic rings. The van der Waals surface area contributed by atoms with Crippen LogP contribution in [0.15, 0.2) is 50.0 Å². The molecule has 4 aromatic rings. The highest BCUT2D eigenvalue weighted by atomic mass is 32.1. The molecule has 0 aliphatic carbocycles. The lowest BCUT2D eigenvalue weighted by molar-refractivity contribution is 0.407. The summed E-state index contributed by atoms with van der Waals surface area (Å²) >= 11 is 3.22. The van der Waals surface area contributed by atoms with E-state index in [1.807, 2.05) is 44.4 Å². The molecular formula is C21H19N3O3S2. The predicted octanol–water partition coefficient (Wildman–Crippen LogP) is 2.80. The molecule has 0 spiro atoms. The summed E-state index contributed by atoms with van der Waals surface area (Å²) in [5.41, 5.74) is -0.520. The maximum Gasteiger partial charge on any atom is 0.272 e. The van der Waals surface area contributed by atoms with Crippen molar-refractivity contribution in [3.63, 3.8) is 0 Å². The van der Waals surface area contributed by atoms with Gasteiger partial charge in [-0.1, -0.05) is 26.8 Å². The second-order valence-electron chi connectivity index (χ2n) is 7.52. The highest BCUT2D eigenvalue weighted by molar-refractivity contribution is 7.21. The standard InChI is InChI=1S/C21H19N3O3S2/c1-21(2,3)18-13(22-11-27-18)10-15-20(26)23-14(19(25)24-15)9-12-6-7-17(29-12)16-5-4-8-28-16/h4-11H,1-3H3,(H,23,26)(H,24,25)/b14-9-,15-10-. The predicted molar refractivity (Wildman–Crippen MR) is 117 cm³/mol. The van der Waals surface area contributed by atoms with Crippen molar-refractivity contribution in [2.24, 2.45) is 0 Å². The Balaban J connectivity index is 1.76. The topological polar surface area (TPSA) is 91.8 Å². The molecule has 0 amide bonds. The van der Waals surface area contributed by atoms with Gasteiger partial charge in [-0.3, -0.25) is 9.59 Å². The number of aromatic nitrogens is 3. The van der Waals surface area contributed by atoms with Crippen LogP contribution >= 0.6 is 22.7 Å². The average molecular weight is 426 g/mol. The average Bonchev–Trinajstić information content (AvgIpc) is 3.39. The number of H-pyrrole nitrogens is 2. The molecule has 4 rings (SSSR count). The Labute approximate surface area is 173 Å². The van der Waals surface area contributed by atoms with E-state index in [-0.39, 0.29) is 21.7 Å². The number of oxazole rings is 1. The summed E-state index contributed by atoms with van der Waals surface area (Å²) in [5, 5.41) is 2.37. The van der Waals surface area contributed by atoms with Gasteiger partial charge in [0.2, 0.25) is 0 Å². The number of hydrogen-bond acceptors (Lipinski definition) is 6. The van der Waals surface area contributed by atoms with Crippen LogP contribution in [0.2, 0.25) is 0 Å². The van der Waals surface area contributed by atoms with Crippen LogP contribution in [0.25, 0.3) is 21.9 Å². The lowest BCUT2D eigenvalue weighted by atomic mass is 9.92. The summed E-state index contributed by atoms with van der Waals surface area (Å²) in [6, 6.07) is 7.99. The number of nitrogens with zero attached hydrogens (tertiary/aromatic N) is 1. The quantitative estimate of drug-likeness (QED) is 0.528. The molecule has 4 aromatic heterocycles. The first-order valence-corrected chi connectivity index (χ1v) is 10.6. The van der Waals surface area contributed by atoms with Crippen molar-refractivity contribution in [1.82, 2.24) is 15.0 Å². The number of thiophene rings is 2. The largest absolute Gasteiger partial charge is 0.447 e. The van der Waals surface area contributed by atoms with Gasteiger partial charge >= 0.3 is 0 Å². The highest BCUT2D eigenvalue weighted by Gasteiger charge is 2.21. The molecule has 29 heavy (non-hydrogen) atoms. The van der Waals surface area contributed by atoms with Crippen LogP contribution in [0.4, 0.5) is 0 Å². The zero-order valence-corrected chi connectivity index (χ0v) is 17.7. The highest BCUT2D eigenvalue weighted by Crippen LogP contribution is 2.31. The van der Waals surface area contributed by atoms with Crippen molar-refractivity contribution in [2.45, 2.75) is 26.2 Å². The summed E-state index contributed by atoms with van der Waals surface area (Å²) in [4.78, 5) is 37.7. The summed E-state index contributed by atoms with van der Waals surface area (Å²) in [6.45, 7) is 5.96. The summed E-state index contributed by atoms with van der Waals surface area (Å²) in [6.07, 6.45) is 4.55. The van der Waals surface area contributed by atoms with E-state index in [2.05, 4.69) is 21.0 Å². The Morgan fingerprint density at radius 2 is 1.72 bits per heavy atom. The van der Waals surface area contributed by atoms with E-state index in [0.717, 1.165) is 9.75 Å². The van der Waals surface area contributed by atoms with Crippen molar-refractivity contribution in [1.29, 1.82) is 0 Å². The minimum absolute atomic E-state index is 0.136. The third-order valence-electron chi connectivity index (χ3n) is 4.22. The minimum atomic E-state index is -0.395. The fourth-order valence-electron chi connectivity index (χ4n) is 2.88. The summed E-state index contributed by atoms with van der Waals surface area (Å²) < 4.78 is 5.46. The Bertz CT molecular complexity index is 1380. The first-order chi connectivity index (χ1) is 13.8. The van der Waals surface area contributed by atoms with Crippen molar-refractivity contribution < 1.29 is 4.42 Å². The summed E-state index contributed by atoms with van der Waals surface area (Å²) in [7, 11) is 0. The SMILES string of the molecule is CC(C)(C)c1ocnc1/C=c1\[nH]c(=O)/c(=C/c2ccc(-c3cccs3)s2)[nH]c1=O. The van der Waals surface area contributed by atoms with E-state index in [0.29, 0.717) is 11.5 Å². The molecule has 2 N–H and O–H groups in total. The van der Waals surface area contributed by atoms with Gasteiger partial charge in [-0.15, -0.1) is 22.7 Å². The minimum Gasteiger partial charge on any atom is -0.447 e. The molecule has 0 aromatic carbocycles. The molecule has 0 saturated heterocycles. The van der Waals surface area contributed by atoms with Crippen LogP contribution in [0.1, 0.15) is 37.1 Å². The van der Waals surface area contributed by atoms with Gasteiger partial charge in [0, 0.05) is 20.0 Å². The zero-order valence-electron chi connectivity index (χ0n) is 16.1. The van der Waals surface area contributed by atoms with Crippen molar-refractivity contribution in [3.05, 3.63) is 83.8 Å². The molecule has 0 atom stereocenters. The second-order valence-corrected chi connectivity index (χ2v) is 9.58. The van der Waals surface area contributed by atoms with Gasteiger partial charge in [0.05, 0.1) is 0 Å². The van der Waals surface area contributed by atoms with Gasteiger partial charge in [-0.2, -0.15) is 0 Å². The van der Waals surface area contributed by atoms with Crippen LogP contribution in [0, 0.1) is 0 Å². The Morgan fingerprint density at radius 1 is 1.00 bits per heavy atom. The molecule has 0 saturated carbocycles. The molecule has 148 valence electrons. The van der Waals surface area contributed by atoms with E-state index in [1.165, 1.54) is 17.3 Å². The Hall–Kier alpha value is -2.97. The van der Waals surface area contributed by atoms with E-state index in [9.17, 15) is 9.59 Å². The van der Waals surface area contributed by atoms with Crippen LogP contribution in [0.3, 0.4) is 0 Å². The maximum atomic E-state index is 12.5. The Kier molecular flexibility index (Phi) is 4.97. The maximum absolute atomic E-state index is 12.5. The third-order valence-corrected chi connectivity index (χ3v) is 6.32. The van der Waals surface area contributed by atoms with Gasteiger partial charge in [-0.25, -0.2) is 4.98 Å². The van der Waals surface area contributed by atoms with E-state index >= 15 is 0 Å². The van der Waals surface area contributed by atoms with Gasteiger partial charge in [0.1, 0.15) is 22.2 Å². The van der Waals surface area contributed by atoms with Gasteiger partial charge < -0.3 is 14.4 Å². The van der Waals surface area contributed by atoms with Crippen molar-refractivity contribution >= 4 is 34.8 Å². The molecule has 0 unspecified atom stereocenters. The Morgan fingerprint density at radius 3 is 2.38 bits per heavy atom. The fourth-order valence-corrected chi connectivity index (χ4v) is 4.66. The van der Waals surface area contributed by atoms with Crippen LogP contribution in [0.5, 0.6) is 0 Å². The molecule has 0 radical (unpaired) electrons. The monoisotopic (exact) mass is 425 g/mol. The fraction of sp³-hybridized carbons (Fsp3) is 0.190. The van der Waals surface area contributed by atoms with E-state index < -0.39 is 5.56 Å². The molecule has 4 heterocycles. The van der Waals surface area contributed by atoms with Crippen LogP contribution < -0.4 is 21.8 Å². The van der Waals surface area contributed by atoms with Crippen molar-refractivity contribution in [3.8, 4) is 9.75 Å². The molecule has 0 fully saturated rings. The van der Waals surface area contributed by atoms with E-state index in [4.69, 9.17) is 4.42 Å². The number of aromatic amines is 2. The smallest absolute Gasteiger partial charge is 0.272 e. The van der Waals surface area contributed by atoms with Gasteiger partial charge in [-0.05, 0) is 35.7 Å². The van der Waals surface area contributed by atoms with Crippen molar-refractivity contribution in [2.75, 3.05) is 0 Å². The summed E-state index contributed by atoms with van der Waals surface area (Å²) in [5.74, 6) is 0.646. The third kappa shape index (κ3) is 4.08. The molecule has 0 aliphatic heterocycles. The van der Waals surface area contributed by atoms with Gasteiger partial charge in [0.25, 0.3) is 11.1 Å². The normalized spacial score (nSPS) is 13.3. The zero-order chi connectivity index (χ0) is 20.6. The number of hydrogen-bond donors (Lipinski definition) is 2. The molecule has 8 heteroatoms. The first kappa shape index (κ1) is 19.4. The first-order valence-electron chi connectivity index (χ1n) is 8.95.